The van der Waals surface area contributed by atoms with Crippen LogP contribution >= 0.6 is 11.1 Å². The Hall–Kier alpha value is -0.0131. The first kappa shape index (κ1) is 7.10. The van der Waals surface area contributed by atoms with E-state index >= 15 is 0 Å². The summed E-state index contributed by atoms with van der Waals surface area (Å²) in [4.78, 5) is 0. The maximum Gasteiger partial charge on any atom is 0.152 e. The molecule has 1 rings (SSSR count). The van der Waals surface area contributed by atoms with Crippen LogP contribution in [0.2, 0.25) is 0 Å². The number of halogens is 1. The van der Waals surface area contributed by atoms with Gasteiger partial charge in [-0.25, -0.2) is 0 Å². The third-order valence-electron chi connectivity index (χ3n) is 1.94. The van der Waals surface area contributed by atoms with Crippen molar-refractivity contribution in [1.29, 1.82) is 0 Å². The molecule has 2 heteroatoms. The van der Waals surface area contributed by atoms with Crippen LogP contribution in [0, 0.1) is 0 Å². The van der Waals surface area contributed by atoms with E-state index in [1.165, 1.54) is 16.3 Å². The molecular formula is C7H11ClSi. The smallest absolute Gasteiger partial charge is 0.152 e. The third-order valence-corrected chi connectivity index (χ3v) is 4.05. The van der Waals surface area contributed by atoms with Gasteiger partial charge in [0.25, 0.3) is 0 Å². The molecule has 0 amide bonds. The molecule has 0 aromatic carbocycles. The summed E-state index contributed by atoms with van der Waals surface area (Å²) in [5, 5.41) is 1.52. The molecule has 0 spiro atoms. The standard InChI is InChI=1S/C7H11ClSi/c1-5-3-4-7(9-8)6(5)2/h3H,4,9H2,1-2H3. The molecule has 0 fully saturated rings. The minimum absolute atomic E-state index is 0.389. The second-order valence-electron chi connectivity index (χ2n) is 2.45. The van der Waals surface area contributed by atoms with Gasteiger partial charge in [-0.05, 0) is 20.3 Å². The predicted molar refractivity (Wildman–Crippen MR) is 45.5 cm³/mol. The molecule has 0 aromatic rings. The van der Waals surface area contributed by atoms with Crippen LogP contribution in [0.15, 0.2) is 22.4 Å². The summed E-state index contributed by atoms with van der Waals surface area (Å²) >= 11 is 5.82. The third kappa shape index (κ3) is 1.27. The summed E-state index contributed by atoms with van der Waals surface area (Å²) in [6.07, 6.45) is 3.40. The Morgan fingerprint density at radius 3 is 2.44 bits per heavy atom. The van der Waals surface area contributed by atoms with E-state index in [-0.39, 0.29) is 8.83 Å². The molecule has 0 saturated carbocycles. The molecule has 1 aliphatic rings. The Morgan fingerprint density at radius 1 is 1.56 bits per heavy atom. The lowest BCUT2D eigenvalue weighted by Crippen LogP contribution is -1.86. The predicted octanol–water partition coefficient (Wildman–Crippen LogP) is 1.93. The SMILES string of the molecule is CC1=CCC([SiH2]Cl)=C1C. The summed E-state index contributed by atoms with van der Waals surface area (Å²) in [5.41, 5.74) is 2.88. The normalized spacial score (nSPS) is 20.1. The van der Waals surface area contributed by atoms with Crippen LogP contribution in [-0.4, -0.2) is 8.83 Å². The van der Waals surface area contributed by atoms with Crippen LogP contribution in [0.4, 0.5) is 0 Å². The molecule has 0 unspecified atom stereocenters. The largest absolute Gasteiger partial charge is 0.170 e. The Kier molecular flexibility index (Phi) is 2.14. The number of hydrogen-bond donors (Lipinski definition) is 0. The summed E-state index contributed by atoms with van der Waals surface area (Å²) in [5.74, 6) is 0. The summed E-state index contributed by atoms with van der Waals surface area (Å²) in [7, 11) is -0.389. The summed E-state index contributed by atoms with van der Waals surface area (Å²) in [6.45, 7) is 4.33. The molecular weight excluding hydrogens is 148 g/mol. The zero-order valence-corrected chi connectivity index (χ0v) is 8.04. The van der Waals surface area contributed by atoms with Gasteiger partial charge in [0.05, 0.1) is 0 Å². The Labute approximate surface area is 63.1 Å². The van der Waals surface area contributed by atoms with Gasteiger partial charge in [-0.2, -0.15) is 11.1 Å². The van der Waals surface area contributed by atoms with E-state index in [9.17, 15) is 0 Å². The van der Waals surface area contributed by atoms with E-state index in [1.54, 1.807) is 0 Å². The lowest BCUT2D eigenvalue weighted by atomic mass is 10.2. The number of rotatable bonds is 1. The van der Waals surface area contributed by atoms with Crippen LogP contribution in [0.5, 0.6) is 0 Å². The van der Waals surface area contributed by atoms with Crippen LogP contribution in [-0.2, 0) is 0 Å². The van der Waals surface area contributed by atoms with Crippen molar-refractivity contribution in [3.63, 3.8) is 0 Å². The first-order valence-electron chi connectivity index (χ1n) is 3.17. The van der Waals surface area contributed by atoms with Gasteiger partial charge in [-0.3, -0.25) is 0 Å². The quantitative estimate of drug-likeness (QED) is 0.404. The lowest BCUT2D eigenvalue weighted by Gasteiger charge is -1.96. The van der Waals surface area contributed by atoms with Crippen molar-refractivity contribution >= 4 is 19.9 Å². The first-order valence-corrected chi connectivity index (χ1v) is 6.02. The van der Waals surface area contributed by atoms with Gasteiger partial charge in [-0.1, -0.05) is 22.4 Å². The van der Waals surface area contributed by atoms with Crippen LogP contribution in [0.1, 0.15) is 20.3 Å². The van der Waals surface area contributed by atoms with Gasteiger partial charge in [0, 0.05) is 0 Å². The van der Waals surface area contributed by atoms with Crippen molar-refractivity contribution in [2.75, 3.05) is 0 Å². The molecule has 0 aromatic heterocycles. The average Bonchev–Trinajstić information content (AvgIpc) is 2.15. The van der Waals surface area contributed by atoms with Gasteiger partial charge >= 0.3 is 0 Å². The molecule has 50 valence electrons. The van der Waals surface area contributed by atoms with E-state index in [1.807, 2.05) is 0 Å². The van der Waals surface area contributed by atoms with Crippen LogP contribution in [0.25, 0.3) is 0 Å². The zero-order chi connectivity index (χ0) is 6.85. The Morgan fingerprint density at radius 2 is 2.22 bits per heavy atom. The Bertz CT molecular complexity index is 179. The molecule has 0 radical (unpaired) electrons. The van der Waals surface area contributed by atoms with Gasteiger partial charge < -0.3 is 0 Å². The van der Waals surface area contributed by atoms with E-state index in [2.05, 4.69) is 19.9 Å². The molecule has 0 atom stereocenters. The van der Waals surface area contributed by atoms with Crippen molar-refractivity contribution in [2.24, 2.45) is 0 Å². The van der Waals surface area contributed by atoms with Gasteiger partial charge in [0.1, 0.15) is 0 Å². The maximum atomic E-state index is 5.82. The fourth-order valence-corrected chi connectivity index (χ4v) is 2.68. The van der Waals surface area contributed by atoms with Crippen LogP contribution in [0.3, 0.4) is 0 Å². The summed E-state index contributed by atoms with van der Waals surface area (Å²) < 4.78 is 0. The molecule has 0 bridgehead atoms. The number of hydrogen-bond acceptors (Lipinski definition) is 0. The molecule has 1 aliphatic carbocycles. The first-order chi connectivity index (χ1) is 4.25. The topological polar surface area (TPSA) is 0 Å². The lowest BCUT2D eigenvalue weighted by molar-refractivity contribution is 1.36. The molecule has 0 nitrogen and oxygen atoms in total. The maximum absolute atomic E-state index is 5.82. The van der Waals surface area contributed by atoms with Crippen LogP contribution < -0.4 is 0 Å². The van der Waals surface area contributed by atoms with Crippen molar-refractivity contribution < 1.29 is 0 Å². The zero-order valence-electron chi connectivity index (χ0n) is 5.87. The van der Waals surface area contributed by atoms with Crippen molar-refractivity contribution in [3.8, 4) is 0 Å². The summed E-state index contributed by atoms with van der Waals surface area (Å²) in [6, 6.07) is 0. The highest BCUT2D eigenvalue weighted by atomic mass is 35.6. The monoisotopic (exact) mass is 158 g/mol. The average molecular weight is 159 g/mol. The minimum Gasteiger partial charge on any atom is -0.170 e. The molecule has 9 heavy (non-hydrogen) atoms. The van der Waals surface area contributed by atoms with Gasteiger partial charge in [0.2, 0.25) is 0 Å². The van der Waals surface area contributed by atoms with Gasteiger partial charge in [-0.15, -0.1) is 0 Å². The van der Waals surface area contributed by atoms with E-state index in [0.717, 1.165) is 6.42 Å². The fraction of sp³-hybridized carbons (Fsp3) is 0.429. The second kappa shape index (κ2) is 2.71. The van der Waals surface area contributed by atoms with E-state index in [0.29, 0.717) is 0 Å². The molecule has 0 N–H and O–H groups in total. The van der Waals surface area contributed by atoms with Crippen molar-refractivity contribution in [3.05, 3.63) is 22.4 Å². The fourth-order valence-electron chi connectivity index (χ4n) is 1.02. The van der Waals surface area contributed by atoms with E-state index < -0.39 is 0 Å². The molecule has 0 aliphatic heterocycles. The minimum atomic E-state index is -0.389. The number of allylic oxidation sites excluding steroid dienone is 4. The van der Waals surface area contributed by atoms with Crippen molar-refractivity contribution in [1.82, 2.24) is 0 Å². The second-order valence-corrected chi connectivity index (χ2v) is 4.38. The highest BCUT2D eigenvalue weighted by Crippen LogP contribution is 2.24. The van der Waals surface area contributed by atoms with E-state index in [4.69, 9.17) is 11.1 Å². The highest BCUT2D eigenvalue weighted by Gasteiger charge is 2.08. The molecule has 0 saturated heterocycles. The highest BCUT2D eigenvalue weighted by molar-refractivity contribution is 6.98. The Balaban J connectivity index is 2.79. The van der Waals surface area contributed by atoms with Crippen molar-refractivity contribution in [2.45, 2.75) is 20.3 Å². The molecule has 0 heterocycles. The van der Waals surface area contributed by atoms with Gasteiger partial charge in [0.15, 0.2) is 8.83 Å².